The van der Waals surface area contributed by atoms with Crippen molar-refractivity contribution in [3.63, 3.8) is 0 Å². The average Bonchev–Trinajstić information content (AvgIpc) is 3.05. The summed E-state index contributed by atoms with van der Waals surface area (Å²) >= 11 is 0. The van der Waals surface area contributed by atoms with Gasteiger partial charge in [-0.2, -0.15) is 0 Å². The van der Waals surface area contributed by atoms with Crippen molar-refractivity contribution in [2.45, 2.75) is 193 Å². The van der Waals surface area contributed by atoms with E-state index >= 15 is 0 Å². The lowest BCUT2D eigenvalue weighted by molar-refractivity contribution is -0.870. The van der Waals surface area contributed by atoms with Gasteiger partial charge in [-0.25, -0.2) is 0 Å². The molecule has 0 saturated heterocycles. The van der Waals surface area contributed by atoms with Gasteiger partial charge < -0.3 is 27.9 Å². The van der Waals surface area contributed by atoms with Crippen molar-refractivity contribution in [2.75, 3.05) is 47.5 Å². The van der Waals surface area contributed by atoms with Gasteiger partial charge in [0, 0.05) is 6.42 Å². The van der Waals surface area contributed by atoms with E-state index in [1.165, 1.54) is 135 Å². The number of rotatable bonds is 38. The van der Waals surface area contributed by atoms with Crippen LogP contribution in [-0.4, -0.2) is 64.1 Å². The minimum atomic E-state index is -4.50. The summed E-state index contributed by atoms with van der Waals surface area (Å²) < 4.78 is 34.3. The van der Waals surface area contributed by atoms with E-state index in [1.54, 1.807) is 6.26 Å². The molecule has 292 valence electrons. The molecule has 0 aromatic carbocycles. The van der Waals surface area contributed by atoms with Crippen LogP contribution in [0.3, 0.4) is 0 Å². The molecule has 0 N–H and O–H groups in total. The normalized spacial score (nSPS) is 13.9. The maximum Gasteiger partial charge on any atom is 0.305 e. The fourth-order valence-corrected chi connectivity index (χ4v) is 6.38. The molecule has 0 bridgehead atoms. The van der Waals surface area contributed by atoms with Crippen LogP contribution >= 0.6 is 7.82 Å². The van der Waals surface area contributed by atoms with Crippen LogP contribution in [-0.2, 0) is 27.9 Å². The first-order chi connectivity index (χ1) is 23.6. The second-order valence-electron chi connectivity index (χ2n) is 15.1. The Morgan fingerprint density at radius 1 is 0.633 bits per heavy atom. The molecule has 0 amide bonds. The Kier molecular flexibility index (Phi) is 33.5. The molecule has 0 aromatic heterocycles. The highest BCUT2D eigenvalue weighted by Gasteiger charge is 2.19. The summed E-state index contributed by atoms with van der Waals surface area (Å²) in [6.07, 6.45) is 36.0. The SMILES string of the molecule is CCCCCCCCCCCCCCCC/C=C\OC(COC(=O)CCCCCCCCCCCCC)COP(=O)([O-])OCC[N+](C)(C)C. The summed E-state index contributed by atoms with van der Waals surface area (Å²) in [7, 11) is 1.37. The van der Waals surface area contributed by atoms with Crippen molar-refractivity contribution in [2.24, 2.45) is 0 Å². The zero-order valence-electron chi connectivity index (χ0n) is 32.9. The van der Waals surface area contributed by atoms with Gasteiger partial charge in [-0.15, -0.1) is 0 Å². The molecule has 0 fully saturated rings. The molecule has 0 saturated carbocycles. The van der Waals surface area contributed by atoms with E-state index < -0.39 is 13.9 Å². The molecule has 0 aliphatic heterocycles. The third-order valence-corrected chi connectivity index (χ3v) is 9.90. The van der Waals surface area contributed by atoms with Crippen LogP contribution in [0, 0.1) is 0 Å². The minimum absolute atomic E-state index is 0.0306. The molecule has 9 heteroatoms. The van der Waals surface area contributed by atoms with Crippen molar-refractivity contribution in [1.29, 1.82) is 0 Å². The predicted octanol–water partition coefficient (Wildman–Crippen LogP) is 11.2. The monoisotopic (exact) mass is 718 g/mol. The molecule has 0 aliphatic rings. The van der Waals surface area contributed by atoms with E-state index in [0.29, 0.717) is 17.4 Å². The van der Waals surface area contributed by atoms with Gasteiger partial charge in [0.1, 0.15) is 19.8 Å². The molecule has 0 spiro atoms. The first kappa shape index (κ1) is 48.1. The Bertz CT molecular complexity index is 802. The van der Waals surface area contributed by atoms with Gasteiger partial charge in [-0.05, 0) is 25.3 Å². The van der Waals surface area contributed by atoms with Gasteiger partial charge in [-0.3, -0.25) is 9.36 Å². The summed E-state index contributed by atoms with van der Waals surface area (Å²) in [5.41, 5.74) is 0. The second-order valence-corrected chi connectivity index (χ2v) is 16.5. The van der Waals surface area contributed by atoms with Crippen molar-refractivity contribution in [1.82, 2.24) is 0 Å². The van der Waals surface area contributed by atoms with Crippen LogP contribution in [0.1, 0.15) is 187 Å². The Hall–Kier alpha value is -0.920. The molecular formula is C40H80NO7P. The molecule has 2 unspecified atom stereocenters. The van der Waals surface area contributed by atoms with Gasteiger partial charge in [-0.1, -0.05) is 162 Å². The number of hydrogen-bond acceptors (Lipinski definition) is 7. The summed E-state index contributed by atoms with van der Waals surface area (Å²) in [6.45, 7) is 4.72. The minimum Gasteiger partial charge on any atom is -0.756 e. The summed E-state index contributed by atoms with van der Waals surface area (Å²) in [5, 5.41) is 0. The van der Waals surface area contributed by atoms with Crippen molar-refractivity contribution in [3.8, 4) is 0 Å². The molecule has 0 rings (SSSR count). The third kappa shape index (κ3) is 38.1. The fraction of sp³-hybridized carbons (Fsp3) is 0.925. The zero-order valence-corrected chi connectivity index (χ0v) is 33.8. The van der Waals surface area contributed by atoms with Gasteiger partial charge in [0.25, 0.3) is 7.82 Å². The number of phosphoric ester groups is 1. The number of esters is 1. The third-order valence-electron chi connectivity index (χ3n) is 8.94. The highest BCUT2D eigenvalue weighted by atomic mass is 31.2. The highest BCUT2D eigenvalue weighted by Crippen LogP contribution is 2.38. The number of unbranched alkanes of at least 4 members (excludes halogenated alkanes) is 24. The number of allylic oxidation sites excluding steroid dienone is 1. The number of carbonyl (C=O) groups is 1. The van der Waals surface area contributed by atoms with Gasteiger partial charge in [0.2, 0.25) is 0 Å². The van der Waals surface area contributed by atoms with E-state index in [-0.39, 0.29) is 25.8 Å². The average molecular weight is 718 g/mol. The molecule has 0 heterocycles. The van der Waals surface area contributed by atoms with Gasteiger partial charge >= 0.3 is 5.97 Å². The van der Waals surface area contributed by atoms with E-state index in [0.717, 1.165) is 32.1 Å². The Morgan fingerprint density at radius 2 is 1.06 bits per heavy atom. The van der Waals surface area contributed by atoms with Gasteiger partial charge in [0.15, 0.2) is 6.10 Å². The quantitative estimate of drug-likeness (QED) is 0.0206. The van der Waals surface area contributed by atoms with E-state index in [2.05, 4.69) is 13.8 Å². The molecular weight excluding hydrogens is 637 g/mol. The summed E-state index contributed by atoms with van der Waals surface area (Å²) in [6, 6.07) is 0. The van der Waals surface area contributed by atoms with Crippen LogP contribution in [0.4, 0.5) is 0 Å². The number of carbonyl (C=O) groups excluding carboxylic acids is 1. The number of nitrogens with zero attached hydrogens (tertiary/aromatic N) is 1. The van der Waals surface area contributed by atoms with E-state index in [4.69, 9.17) is 18.5 Å². The van der Waals surface area contributed by atoms with Crippen molar-refractivity contribution < 1.29 is 37.3 Å². The number of hydrogen-bond donors (Lipinski definition) is 0. The molecule has 8 nitrogen and oxygen atoms in total. The smallest absolute Gasteiger partial charge is 0.305 e. The Morgan fingerprint density at radius 3 is 1.51 bits per heavy atom. The summed E-state index contributed by atoms with van der Waals surface area (Å²) in [5.74, 6) is -0.291. The highest BCUT2D eigenvalue weighted by molar-refractivity contribution is 7.45. The van der Waals surface area contributed by atoms with Crippen LogP contribution in [0.25, 0.3) is 0 Å². The lowest BCUT2D eigenvalue weighted by Gasteiger charge is -2.28. The Balaban J connectivity index is 4.29. The predicted molar refractivity (Wildman–Crippen MR) is 203 cm³/mol. The molecule has 2 atom stereocenters. The lowest BCUT2D eigenvalue weighted by Crippen LogP contribution is -2.37. The first-order valence-corrected chi connectivity index (χ1v) is 21.9. The second kappa shape index (κ2) is 34.2. The van der Waals surface area contributed by atoms with Crippen LogP contribution in [0.15, 0.2) is 12.3 Å². The maximum atomic E-state index is 12.4. The van der Waals surface area contributed by atoms with Crippen LogP contribution in [0.5, 0.6) is 0 Å². The number of phosphoric acid groups is 1. The van der Waals surface area contributed by atoms with Gasteiger partial charge in [0.05, 0.1) is 34.0 Å². The molecule has 0 aromatic rings. The van der Waals surface area contributed by atoms with Crippen LogP contribution in [0.2, 0.25) is 0 Å². The molecule has 0 aliphatic carbocycles. The van der Waals surface area contributed by atoms with Crippen molar-refractivity contribution in [3.05, 3.63) is 12.3 Å². The number of likely N-dealkylation sites (N-methyl/N-ethyl adjacent to an activating group) is 1. The topological polar surface area (TPSA) is 94.1 Å². The standard InChI is InChI=1S/C40H80NO7P/c1-6-8-10-12-14-16-18-19-20-21-22-24-26-28-30-32-35-45-39(38-48-49(43,44)47-36-34-41(3,4)5)37-46-40(42)33-31-29-27-25-23-17-15-13-11-9-7-2/h32,35,39H,6-31,33-34,36-38H2,1-5H3/b35-32-. The number of ether oxygens (including phenoxy) is 2. The summed E-state index contributed by atoms with van der Waals surface area (Å²) in [4.78, 5) is 24.7. The van der Waals surface area contributed by atoms with E-state index in [1.807, 2.05) is 27.2 Å². The van der Waals surface area contributed by atoms with Crippen LogP contribution < -0.4 is 4.89 Å². The number of quaternary nitrogens is 1. The maximum absolute atomic E-state index is 12.4. The Labute approximate surface area is 303 Å². The van der Waals surface area contributed by atoms with E-state index in [9.17, 15) is 14.3 Å². The first-order valence-electron chi connectivity index (χ1n) is 20.5. The van der Waals surface area contributed by atoms with Crippen molar-refractivity contribution >= 4 is 13.8 Å². The lowest BCUT2D eigenvalue weighted by atomic mass is 10.0. The fourth-order valence-electron chi connectivity index (χ4n) is 5.65. The zero-order chi connectivity index (χ0) is 36.3. The largest absolute Gasteiger partial charge is 0.756 e. The molecule has 49 heavy (non-hydrogen) atoms. The molecule has 0 radical (unpaired) electrons.